The van der Waals surface area contributed by atoms with E-state index in [1.54, 1.807) is 19.1 Å². The Morgan fingerprint density at radius 2 is 1.61 bits per heavy atom. The molecule has 2 aromatic carbocycles. The fraction of sp³-hybridized carbons (Fsp3) is 0.304. The molecule has 2 aromatic rings. The lowest BCUT2D eigenvalue weighted by Gasteiger charge is -2.29. The molecular weight excluding hydrogens is 398 g/mol. The van der Waals surface area contributed by atoms with Crippen LogP contribution in [-0.2, 0) is 4.79 Å². The van der Waals surface area contributed by atoms with Crippen molar-refractivity contribution in [3.8, 4) is 17.2 Å². The van der Waals surface area contributed by atoms with Gasteiger partial charge in [-0.2, -0.15) is 0 Å². The summed E-state index contributed by atoms with van der Waals surface area (Å²) in [5, 5.41) is 8.46. The maximum absolute atomic E-state index is 13.3. The minimum Gasteiger partial charge on any atom is -0.493 e. The van der Waals surface area contributed by atoms with Crippen LogP contribution in [0.1, 0.15) is 29.7 Å². The van der Waals surface area contributed by atoms with Crippen molar-refractivity contribution in [1.29, 1.82) is 0 Å². The average molecular weight is 425 g/mol. The lowest BCUT2D eigenvalue weighted by atomic mass is 9.94. The van der Waals surface area contributed by atoms with Gasteiger partial charge >= 0.3 is 6.03 Å². The van der Waals surface area contributed by atoms with Crippen LogP contribution >= 0.6 is 0 Å². The van der Waals surface area contributed by atoms with Gasteiger partial charge in [0.25, 0.3) is 5.91 Å². The van der Waals surface area contributed by atoms with Gasteiger partial charge in [0, 0.05) is 11.4 Å². The number of benzene rings is 2. The van der Waals surface area contributed by atoms with Crippen LogP contribution in [0.4, 0.5) is 10.5 Å². The number of amides is 3. The highest BCUT2D eigenvalue weighted by atomic mass is 16.5. The molecule has 1 aliphatic heterocycles. The number of hydrogen-bond donors (Lipinski definition) is 3. The average Bonchev–Trinajstić information content (AvgIpc) is 2.73. The minimum atomic E-state index is -0.715. The first-order chi connectivity index (χ1) is 14.8. The van der Waals surface area contributed by atoms with E-state index in [9.17, 15) is 9.59 Å². The molecule has 0 bridgehead atoms. The number of nitrogens with one attached hydrogen (secondary N) is 3. The molecule has 0 unspecified atom stereocenters. The Balaban J connectivity index is 2.05. The van der Waals surface area contributed by atoms with Crippen molar-refractivity contribution in [1.82, 2.24) is 10.6 Å². The van der Waals surface area contributed by atoms with Crippen molar-refractivity contribution in [2.45, 2.75) is 26.8 Å². The number of carbonyl (C=O) groups is 2. The number of hydrogen-bond acceptors (Lipinski definition) is 5. The van der Waals surface area contributed by atoms with E-state index < -0.39 is 12.1 Å². The third kappa shape index (κ3) is 4.42. The number of anilines is 1. The van der Waals surface area contributed by atoms with Crippen LogP contribution < -0.4 is 30.2 Å². The second kappa shape index (κ2) is 8.99. The first-order valence-electron chi connectivity index (χ1n) is 9.75. The van der Waals surface area contributed by atoms with E-state index in [4.69, 9.17) is 14.2 Å². The fourth-order valence-electron chi connectivity index (χ4n) is 3.66. The molecule has 3 rings (SSSR count). The van der Waals surface area contributed by atoms with Crippen LogP contribution in [0.3, 0.4) is 0 Å². The first kappa shape index (κ1) is 22.0. The van der Waals surface area contributed by atoms with Crippen LogP contribution in [0.25, 0.3) is 0 Å². The number of carbonyl (C=O) groups excluding carboxylic acids is 2. The molecule has 1 heterocycles. The molecule has 8 heteroatoms. The third-order valence-corrected chi connectivity index (χ3v) is 5.16. The third-order valence-electron chi connectivity index (χ3n) is 5.16. The van der Waals surface area contributed by atoms with E-state index in [-0.39, 0.29) is 5.91 Å². The van der Waals surface area contributed by atoms with Crippen molar-refractivity contribution >= 4 is 17.6 Å². The Labute approximate surface area is 181 Å². The van der Waals surface area contributed by atoms with E-state index in [2.05, 4.69) is 16.0 Å². The molecule has 0 aromatic heterocycles. The summed E-state index contributed by atoms with van der Waals surface area (Å²) >= 11 is 0. The van der Waals surface area contributed by atoms with Gasteiger partial charge in [-0.1, -0.05) is 17.7 Å². The summed E-state index contributed by atoms with van der Waals surface area (Å²) in [5.41, 5.74) is 4.22. The summed E-state index contributed by atoms with van der Waals surface area (Å²) in [6.45, 7) is 5.62. The van der Waals surface area contributed by atoms with Gasteiger partial charge in [0.2, 0.25) is 5.75 Å². The predicted octanol–water partition coefficient (Wildman–Crippen LogP) is 3.60. The van der Waals surface area contributed by atoms with Gasteiger partial charge in [-0.3, -0.25) is 4.79 Å². The predicted molar refractivity (Wildman–Crippen MR) is 118 cm³/mol. The normalized spacial score (nSPS) is 15.7. The zero-order chi connectivity index (χ0) is 22.7. The van der Waals surface area contributed by atoms with Crippen molar-refractivity contribution in [2.75, 3.05) is 26.6 Å². The van der Waals surface area contributed by atoms with Crippen molar-refractivity contribution in [3.05, 3.63) is 58.3 Å². The summed E-state index contributed by atoms with van der Waals surface area (Å²) < 4.78 is 16.2. The van der Waals surface area contributed by atoms with Gasteiger partial charge < -0.3 is 30.2 Å². The molecule has 0 saturated heterocycles. The van der Waals surface area contributed by atoms with E-state index in [0.29, 0.717) is 39.8 Å². The quantitative estimate of drug-likeness (QED) is 0.657. The number of allylic oxidation sites excluding steroid dienone is 1. The van der Waals surface area contributed by atoms with Gasteiger partial charge in [0.15, 0.2) is 11.5 Å². The highest BCUT2D eigenvalue weighted by Crippen LogP contribution is 2.41. The monoisotopic (exact) mass is 425 g/mol. The van der Waals surface area contributed by atoms with Gasteiger partial charge in [0.1, 0.15) is 0 Å². The van der Waals surface area contributed by atoms with E-state index in [1.807, 2.05) is 32.0 Å². The maximum Gasteiger partial charge on any atom is 0.319 e. The zero-order valence-electron chi connectivity index (χ0n) is 18.5. The molecule has 0 spiro atoms. The molecule has 1 aliphatic rings. The smallest absolute Gasteiger partial charge is 0.319 e. The lowest BCUT2D eigenvalue weighted by molar-refractivity contribution is -0.113. The molecule has 31 heavy (non-hydrogen) atoms. The van der Waals surface area contributed by atoms with Gasteiger partial charge in [0.05, 0.1) is 32.9 Å². The standard InChI is InChI=1S/C23H27N3O5/c1-12-7-8-16(13(2)9-12)25-22(27)19-14(3)24-23(28)26-20(19)15-10-17(29-4)21(31-6)18(11-15)30-5/h7-11,20H,1-6H3,(H,25,27)(H2,24,26,28)/t20-/m0/s1. The van der Waals surface area contributed by atoms with Crippen LogP contribution in [0.15, 0.2) is 41.6 Å². The van der Waals surface area contributed by atoms with Crippen molar-refractivity contribution in [2.24, 2.45) is 0 Å². The number of rotatable bonds is 6. The molecule has 0 radical (unpaired) electrons. The summed E-state index contributed by atoms with van der Waals surface area (Å²) in [6, 6.07) is 8.11. The maximum atomic E-state index is 13.3. The fourth-order valence-corrected chi connectivity index (χ4v) is 3.66. The Morgan fingerprint density at radius 3 is 2.16 bits per heavy atom. The zero-order valence-corrected chi connectivity index (χ0v) is 18.5. The van der Waals surface area contributed by atoms with Crippen LogP contribution in [0.5, 0.6) is 17.2 Å². The van der Waals surface area contributed by atoms with E-state index in [0.717, 1.165) is 11.1 Å². The second-order valence-electron chi connectivity index (χ2n) is 7.30. The highest BCUT2D eigenvalue weighted by molar-refractivity contribution is 6.07. The van der Waals surface area contributed by atoms with Crippen LogP contribution in [0.2, 0.25) is 0 Å². The molecular formula is C23H27N3O5. The number of urea groups is 1. The molecule has 1 atom stereocenters. The Morgan fingerprint density at radius 1 is 0.968 bits per heavy atom. The van der Waals surface area contributed by atoms with Gasteiger partial charge in [-0.15, -0.1) is 0 Å². The van der Waals surface area contributed by atoms with Crippen molar-refractivity contribution in [3.63, 3.8) is 0 Å². The summed E-state index contributed by atoms with van der Waals surface area (Å²) in [6.07, 6.45) is 0. The number of aryl methyl sites for hydroxylation is 2. The highest BCUT2D eigenvalue weighted by Gasteiger charge is 2.33. The Hall–Kier alpha value is -3.68. The molecule has 164 valence electrons. The van der Waals surface area contributed by atoms with Crippen LogP contribution in [-0.4, -0.2) is 33.3 Å². The van der Waals surface area contributed by atoms with E-state index >= 15 is 0 Å². The lowest BCUT2D eigenvalue weighted by Crippen LogP contribution is -2.46. The second-order valence-corrected chi connectivity index (χ2v) is 7.30. The summed E-state index contributed by atoms with van der Waals surface area (Å²) in [4.78, 5) is 25.5. The molecule has 3 N–H and O–H groups in total. The molecule has 3 amide bonds. The van der Waals surface area contributed by atoms with Crippen LogP contribution in [0, 0.1) is 13.8 Å². The van der Waals surface area contributed by atoms with E-state index in [1.165, 1.54) is 21.3 Å². The largest absolute Gasteiger partial charge is 0.493 e. The Bertz CT molecular complexity index is 1040. The summed E-state index contributed by atoms with van der Waals surface area (Å²) in [7, 11) is 4.53. The topological polar surface area (TPSA) is 97.9 Å². The SMILES string of the molecule is COc1cc([C@@H]2NC(=O)NC(C)=C2C(=O)Nc2ccc(C)cc2C)cc(OC)c1OC. The van der Waals surface area contributed by atoms with Gasteiger partial charge in [-0.05, 0) is 50.1 Å². The molecule has 0 saturated carbocycles. The first-order valence-corrected chi connectivity index (χ1v) is 9.75. The molecule has 0 aliphatic carbocycles. The van der Waals surface area contributed by atoms with Gasteiger partial charge in [-0.25, -0.2) is 4.79 Å². The molecule has 8 nitrogen and oxygen atoms in total. The number of methoxy groups -OCH3 is 3. The number of ether oxygens (including phenoxy) is 3. The minimum absolute atomic E-state index is 0.323. The van der Waals surface area contributed by atoms with Crippen molar-refractivity contribution < 1.29 is 23.8 Å². The Kier molecular flexibility index (Phi) is 6.39. The molecule has 0 fully saturated rings. The summed E-state index contributed by atoms with van der Waals surface area (Å²) in [5.74, 6) is 0.958.